The van der Waals surface area contributed by atoms with Crippen LogP contribution in [-0.4, -0.2) is 31.3 Å². The number of esters is 1. The normalized spacial score (nSPS) is 11.1. The molecule has 8 nitrogen and oxygen atoms in total. The second-order valence-electron chi connectivity index (χ2n) is 12.7. The predicted molar refractivity (Wildman–Crippen MR) is 206 cm³/mol. The number of methoxy groups -OCH3 is 2. The van der Waals surface area contributed by atoms with Gasteiger partial charge in [-0.25, -0.2) is 0 Å². The van der Waals surface area contributed by atoms with E-state index in [0.717, 1.165) is 61.8 Å². The van der Waals surface area contributed by atoms with Crippen LogP contribution in [0, 0.1) is 0 Å². The van der Waals surface area contributed by atoms with Crippen molar-refractivity contribution in [2.24, 2.45) is 0 Å². The van der Waals surface area contributed by atoms with Gasteiger partial charge in [0.2, 0.25) is 0 Å². The Morgan fingerprint density at radius 3 is 1.65 bits per heavy atom. The highest BCUT2D eigenvalue weighted by molar-refractivity contribution is 5.76. The Bertz CT molecular complexity index is 2080. The third kappa shape index (κ3) is 9.34. The smallest absolute Gasteiger partial charge is 0.306 e. The maximum absolute atomic E-state index is 11.8. The summed E-state index contributed by atoms with van der Waals surface area (Å²) >= 11 is 0. The summed E-state index contributed by atoms with van der Waals surface area (Å²) in [4.78, 5) is 22.5. The maximum Gasteiger partial charge on any atom is 0.306 e. The summed E-state index contributed by atoms with van der Waals surface area (Å²) in [5.74, 6) is 0.673. The summed E-state index contributed by atoms with van der Waals surface area (Å²) in [5.41, 5.74) is 6.82. The molecule has 0 aliphatic heterocycles. The first-order valence-electron chi connectivity index (χ1n) is 17.6. The molecule has 6 rings (SSSR count). The summed E-state index contributed by atoms with van der Waals surface area (Å²) in [6.07, 6.45) is -0.409. The number of carboxylic acids is 1. The van der Waals surface area contributed by atoms with E-state index in [0.29, 0.717) is 13.2 Å². The number of carbonyl (C=O) groups is 2. The van der Waals surface area contributed by atoms with Crippen LogP contribution in [0.2, 0.25) is 0 Å². The molecule has 1 N–H and O–H groups in total. The standard InChI is InChI=1S/C46H42O8/c1-50-41-22-16-39(17-23-41)46(38-12-4-3-5-13-38,40-18-24-42(51-2)25-19-40)54-32-35-10-7-11-37(29-35)36-14-20-43(21-15-36)52-30-33-8-6-9-34(28-33)31-53-45(49)27-26-44(47)48/h3-25,28-29H,26-27,30-32H2,1-2H3,(H,47,48). The summed E-state index contributed by atoms with van der Waals surface area (Å²) in [5, 5.41) is 8.76. The SMILES string of the molecule is COc1ccc(C(OCc2cccc(-c3ccc(OCc4cccc(COC(=O)CCC(=O)O)c4)cc3)c2)(c2ccccc2)c2ccc(OC)cc2)cc1. The lowest BCUT2D eigenvalue weighted by molar-refractivity contribution is -0.148. The van der Waals surface area contributed by atoms with Gasteiger partial charge in [0.25, 0.3) is 0 Å². The van der Waals surface area contributed by atoms with Gasteiger partial charge in [0, 0.05) is 0 Å². The van der Waals surface area contributed by atoms with Crippen molar-refractivity contribution in [1.82, 2.24) is 0 Å². The van der Waals surface area contributed by atoms with Gasteiger partial charge in [-0.1, -0.05) is 103 Å². The van der Waals surface area contributed by atoms with Gasteiger partial charge in [0.1, 0.15) is 36.1 Å². The van der Waals surface area contributed by atoms with Gasteiger partial charge in [-0.2, -0.15) is 0 Å². The lowest BCUT2D eigenvalue weighted by Crippen LogP contribution is -2.32. The van der Waals surface area contributed by atoms with E-state index < -0.39 is 17.5 Å². The molecule has 274 valence electrons. The number of rotatable bonds is 17. The Morgan fingerprint density at radius 2 is 1.06 bits per heavy atom. The summed E-state index contributed by atoms with van der Waals surface area (Å²) < 4.78 is 29.4. The van der Waals surface area contributed by atoms with Crippen molar-refractivity contribution < 1.29 is 38.4 Å². The van der Waals surface area contributed by atoms with Crippen LogP contribution in [-0.2, 0) is 44.5 Å². The highest BCUT2D eigenvalue weighted by atomic mass is 16.5. The molecule has 8 heteroatoms. The van der Waals surface area contributed by atoms with Gasteiger partial charge in [-0.15, -0.1) is 0 Å². The minimum absolute atomic E-state index is 0.0707. The van der Waals surface area contributed by atoms with Crippen molar-refractivity contribution >= 4 is 11.9 Å². The zero-order valence-corrected chi connectivity index (χ0v) is 30.3. The Kier molecular flexibility index (Phi) is 12.4. The maximum atomic E-state index is 11.8. The van der Waals surface area contributed by atoms with Crippen LogP contribution in [0.5, 0.6) is 17.2 Å². The Labute approximate surface area is 315 Å². The molecule has 0 heterocycles. The zero-order valence-electron chi connectivity index (χ0n) is 30.3. The molecule has 0 fully saturated rings. The van der Waals surface area contributed by atoms with Gasteiger partial charge in [0.05, 0.1) is 33.7 Å². The number of aliphatic carboxylic acids is 1. The van der Waals surface area contributed by atoms with Crippen LogP contribution in [0.4, 0.5) is 0 Å². The van der Waals surface area contributed by atoms with Crippen molar-refractivity contribution in [2.45, 2.75) is 38.3 Å². The largest absolute Gasteiger partial charge is 0.497 e. The molecule has 0 radical (unpaired) electrons. The zero-order chi connectivity index (χ0) is 37.8. The predicted octanol–water partition coefficient (Wildman–Crippen LogP) is 9.37. The van der Waals surface area contributed by atoms with Crippen LogP contribution >= 0.6 is 0 Å². The van der Waals surface area contributed by atoms with E-state index in [1.54, 1.807) is 14.2 Å². The van der Waals surface area contributed by atoms with E-state index in [1.807, 2.05) is 97.1 Å². The Hall–Kier alpha value is -6.38. The molecule has 0 aliphatic rings. The molecule has 0 spiro atoms. The minimum atomic E-state index is -1.03. The molecule has 6 aromatic rings. The lowest BCUT2D eigenvalue weighted by Gasteiger charge is -2.36. The molecule has 0 aromatic heterocycles. The van der Waals surface area contributed by atoms with E-state index in [9.17, 15) is 9.59 Å². The number of carboxylic acid groups (broad SMARTS) is 1. The number of hydrogen-bond acceptors (Lipinski definition) is 7. The molecule has 0 unspecified atom stereocenters. The van der Waals surface area contributed by atoms with Crippen molar-refractivity contribution in [2.75, 3.05) is 14.2 Å². The van der Waals surface area contributed by atoms with E-state index in [-0.39, 0.29) is 19.4 Å². The fourth-order valence-corrected chi connectivity index (χ4v) is 6.27. The third-order valence-corrected chi connectivity index (χ3v) is 9.08. The van der Waals surface area contributed by atoms with Crippen molar-refractivity contribution in [3.8, 4) is 28.4 Å². The molecule has 0 amide bonds. The molecule has 0 saturated carbocycles. The van der Waals surface area contributed by atoms with Crippen LogP contribution < -0.4 is 14.2 Å². The first-order valence-corrected chi connectivity index (χ1v) is 17.6. The van der Waals surface area contributed by atoms with Gasteiger partial charge in [-0.05, 0) is 93.0 Å². The van der Waals surface area contributed by atoms with Crippen molar-refractivity contribution in [3.63, 3.8) is 0 Å². The molecule has 6 aromatic carbocycles. The fourth-order valence-electron chi connectivity index (χ4n) is 6.27. The number of ether oxygens (including phenoxy) is 5. The van der Waals surface area contributed by atoms with E-state index in [2.05, 4.69) is 54.6 Å². The van der Waals surface area contributed by atoms with Crippen LogP contribution in [0.15, 0.2) is 152 Å². The van der Waals surface area contributed by atoms with Crippen LogP contribution in [0.1, 0.15) is 46.2 Å². The Balaban J connectivity index is 1.17. The van der Waals surface area contributed by atoms with E-state index >= 15 is 0 Å². The van der Waals surface area contributed by atoms with E-state index in [1.165, 1.54) is 0 Å². The number of benzene rings is 6. The summed E-state index contributed by atoms with van der Waals surface area (Å²) in [6.45, 7) is 0.739. The lowest BCUT2D eigenvalue weighted by atomic mass is 9.80. The van der Waals surface area contributed by atoms with Crippen LogP contribution in [0.25, 0.3) is 11.1 Å². The Morgan fingerprint density at radius 1 is 0.519 bits per heavy atom. The molecule has 0 aliphatic carbocycles. The van der Waals surface area contributed by atoms with Crippen molar-refractivity contribution in [3.05, 3.63) is 185 Å². The second kappa shape index (κ2) is 17.9. The first-order chi connectivity index (χ1) is 26.4. The third-order valence-electron chi connectivity index (χ3n) is 9.08. The minimum Gasteiger partial charge on any atom is -0.497 e. The molecular weight excluding hydrogens is 680 g/mol. The van der Waals surface area contributed by atoms with E-state index in [4.69, 9.17) is 28.8 Å². The molecule has 0 bridgehead atoms. The molecule has 0 atom stereocenters. The monoisotopic (exact) mass is 722 g/mol. The highest BCUT2D eigenvalue weighted by Crippen LogP contribution is 2.42. The average Bonchev–Trinajstić information content (AvgIpc) is 3.23. The van der Waals surface area contributed by atoms with Gasteiger partial charge in [-0.3, -0.25) is 9.59 Å². The summed E-state index contributed by atoms with van der Waals surface area (Å²) in [7, 11) is 3.32. The highest BCUT2D eigenvalue weighted by Gasteiger charge is 2.38. The van der Waals surface area contributed by atoms with Crippen LogP contribution in [0.3, 0.4) is 0 Å². The van der Waals surface area contributed by atoms with Gasteiger partial charge >= 0.3 is 11.9 Å². The number of hydrogen-bond donors (Lipinski definition) is 1. The number of carbonyl (C=O) groups excluding carboxylic acids is 1. The summed E-state index contributed by atoms with van der Waals surface area (Å²) in [6, 6.07) is 50.1. The molecular formula is C46H42O8. The van der Waals surface area contributed by atoms with Gasteiger partial charge in [0.15, 0.2) is 0 Å². The van der Waals surface area contributed by atoms with Crippen molar-refractivity contribution in [1.29, 1.82) is 0 Å². The van der Waals surface area contributed by atoms with Gasteiger partial charge < -0.3 is 28.8 Å². The first kappa shape index (κ1) is 37.4. The topological polar surface area (TPSA) is 101 Å². The average molecular weight is 723 g/mol. The molecule has 54 heavy (non-hydrogen) atoms. The fraction of sp³-hybridized carbons (Fsp3) is 0.174. The quantitative estimate of drug-likeness (QED) is 0.0735. The molecule has 0 saturated heterocycles. The second-order valence-corrected chi connectivity index (χ2v) is 12.7.